The normalized spacial score (nSPS) is 21.1. The van der Waals surface area contributed by atoms with E-state index in [2.05, 4.69) is 12.2 Å². The largest absolute Gasteiger partial charge is 0.497 e. The van der Waals surface area contributed by atoms with Crippen LogP contribution in [0, 0.1) is 5.92 Å². The van der Waals surface area contributed by atoms with Gasteiger partial charge in [0.15, 0.2) is 12.7 Å². The van der Waals surface area contributed by atoms with Crippen molar-refractivity contribution in [1.82, 2.24) is 5.32 Å². The van der Waals surface area contributed by atoms with Crippen LogP contribution in [0.4, 0.5) is 0 Å². The second-order valence-corrected chi connectivity index (χ2v) is 6.47. The van der Waals surface area contributed by atoms with Gasteiger partial charge in [0.25, 0.3) is 5.91 Å². The van der Waals surface area contributed by atoms with Crippen molar-refractivity contribution in [1.29, 1.82) is 0 Å². The lowest BCUT2D eigenvalue weighted by Gasteiger charge is -2.30. The molecular weight excluding hydrogens is 322 g/mol. The summed E-state index contributed by atoms with van der Waals surface area (Å²) in [5.74, 6) is 0.869. The van der Waals surface area contributed by atoms with E-state index in [1.54, 1.807) is 38.3 Å². The highest BCUT2D eigenvalue weighted by Gasteiger charge is 2.26. The molecule has 25 heavy (non-hydrogen) atoms. The fraction of sp³-hybridized carbons (Fsp3) is 0.579. The summed E-state index contributed by atoms with van der Waals surface area (Å²) < 4.78 is 15.6. The van der Waals surface area contributed by atoms with Crippen molar-refractivity contribution in [3.05, 3.63) is 24.3 Å². The second-order valence-electron chi connectivity index (χ2n) is 6.47. The first-order valence-corrected chi connectivity index (χ1v) is 8.76. The number of rotatable bonds is 7. The molecule has 1 fully saturated rings. The van der Waals surface area contributed by atoms with Crippen LogP contribution in [0.25, 0.3) is 0 Å². The number of esters is 1. The summed E-state index contributed by atoms with van der Waals surface area (Å²) in [6.07, 6.45) is 3.60. The Morgan fingerprint density at radius 1 is 1.16 bits per heavy atom. The fourth-order valence-electron chi connectivity index (χ4n) is 2.93. The van der Waals surface area contributed by atoms with Crippen LogP contribution < -0.4 is 14.8 Å². The third-order valence-corrected chi connectivity index (χ3v) is 4.53. The molecule has 0 aliphatic heterocycles. The Labute approximate surface area is 148 Å². The Hall–Kier alpha value is -2.24. The third kappa shape index (κ3) is 5.96. The lowest BCUT2D eigenvalue weighted by molar-refractivity contribution is -0.157. The van der Waals surface area contributed by atoms with Crippen LogP contribution >= 0.6 is 0 Å². The molecule has 1 aliphatic rings. The topological polar surface area (TPSA) is 73.9 Å². The summed E-state index contributed by atoms with van der Waals surface area (Å²) in [6, 6.07) is 7.04. The van der Waals surface area contributed by atoms with Gasteiger partial charge >= 0.3 is 5.97 Å². The van der Waals surface area contributed by atoms with E-state index in [0.29, 0.717) is 17.4 Å². The van der Waals surface area contributed by atoms with Gasteiger partial charge in [-0.25, -0.2) is 4.79 Å². The average Bonchev–Trinajstić information content (AvgIpc) is 2.62. The molecule has 3 atom stereocenters. The number of ether oxygens (including phenoxy) is 3. The Morgan fingerprint density at radius 3 is 2.44 bits per heavy atom. The Morgan fingerprint density at radius 2 is 1.80 bits per heavy atom. The van der Waals surface area contributed by atoms with Crippen molar-refractivity contribution in [2.24, 2.45) is 5.92 Å². The van der Waals surface area contributed by atoms with Gasteiger partial charge in [0.2, 0.25) is 0 Å². The monoisotopic (exact) mass is 349 g/mol. The van der Waals surface area contributed by atoms with Gasteiger partial charge in [-0.2, -0.15) is 0 Å². The first kappa shape index (κ1) is 19.1. The van der Waals surface area contributed by atoms with Crippen LogP contribution in [-0.2, 0) is 14.3 Å². The first-order chi connectivity index (χ1) is 12.0. The Kier molecular flexibility index (Phi) is 7.10. The van der Waals surface area contributed by atoms with Crippen LogP contribution in [0.1, 0.15) is 39.5 Å². The van der Waals surface area contributed by atoms with Crippen LogP contribution in [0.3, 0.4) is 0 Å². The lowest BCUT2D eigenvalue weighted by Crippen LogP contribution is -2.46. The van der Waals surface area contributed by atoms with E-state index >= 15 is 0 Å². The Balaban J connectivity index is 1.73. The molecule has 0 aromatic heterocycles. The molecule has 6 nitrogen and oxygen atoms in total. The molecule has 0 spiro atoms. The number of nitrogens with one attached hydrogen (secondary N) is 1. The number of carbonyl (C=O) groups excluding carboxylic acids is 2. The number of methoxy groups -OCH3 is 1. The number of carbonyl (C=O) groups is 2. The number of benzene rings is 1. The van der Waals surface area contributed by atoms with Gasteiger partial charge in [-0.05, 0) is 49.9 Å². The zero-order valence-electron chi connectivity index (χ0n) is 15.1. The molecule has 1 saturated carbocycles. The summed E-state index contributed by atoms with van der Waals surface area (Å²) >= 11 is 0. The second kappa shape index (κ2) is 9.30. The van der Waals surface area contributed by atoms with E-state index < -0.39 is 12.1 Å². The molecule has 6 heteroatoms. The van der Waals surface area contributed by atoms with E-state index in [9.17, 15) is 9.59 Å². The van der Waals surface area contributed by atoms with Crippen LogP contribution in [-0.4, -0.2) is 37.7 Å². The Bertz CT molecular complexity index is 572. The van der Waals surface area contributed by atoms with E-state index in [0.717, 1.165) is 19.3 Å². The molecule has 2 rings (SSSR count). The first-order valence-electron chi connectivity index (χ1n) is 8.76. The van der Waals surface area contributed by atoms with E-state index in [4.69, 9.17) is 14.2 Å². The van der Waals surface area contributed by atoms with Crippen molar-refractivity contribution < 1.29 is 23.8 Å². The fourth-order valence-corrected chi connectivity index (χ4v) is 2.93. The minimum Gasteiger partial charge on any atom is -0.497 e. The summed E-state index contributed by atoms with van der Waals surface area (Å²) in [7, 11) is 1.58. The van der Waals surface area contributed by atoms with Crippen molar-refractivity contribution in [2.45, 2.75) is 51.7 Å². The van der Waals surface area contributed by atoms with Crippen molar-refractivity contribution in [3.63, 3.8) is 0 Å². The molecule has 0 unspecified atom stereocenters. The van der Waals surface area contributed by atoms with Gasteiger partial charge in [0, 0.05) is 6.04 Å². The number of hydrogen-bond acceptors (Lipinski definition) is 5. The van der Waals surface area contributed by atoms with Crippen LogP contribution in [0.5, 0.6) is 11.5 Å². The molecule has 0 bridgehead atoms. The molecule has 1 aromatic carbocycles. The van der Waals surface area contributed by atoms with E-state index in [1.807, 2.05) is 0 Å². The smallest absolute Gasteiger partial charge is 0.344 e. The lowest BCUT2D eigenvalue weighted by atomic mass is 9.86. The van der Waals surface area contributed by atoms with Crippen LogP contribution in [0.15, 0.2) is 24.3 Å². The highest BCUT2D eigenvalue weighted by atomic mass is 16.6. The molecule has 1 N–H and O–H groups in total. The van der Waals surface area contributed by atoms with E-state index in [1.165, 1.54) is 6.42 Å². The maximum atomic E-state index is 12.2. The quantitative estimate of drug-likeness (QED) is 0.766. The summed E-state index contributed by atoms with van der Waals surface area (Å²) in [4.78, 5) is 24.1. The van der Waals surface area contributed by atoms with Gasteiger partial charge < -0.3 is 19.5 Å². The minimum absolute atomic E-state index is 0.165. The van der Waals surface area contributed by atoms with Gasteiger partial charge in [0.05, 0.1) is 7.11 Å². The number of hydrogen-bond donors (Lipinski definition) is 1. The average molecular weight is 349 g/mol. The minimum atomic E-state index is -0.832. The summed E-state index contributed by atoms with van der Waals surface area (Å²) in [5, 5.41) is 2.99. The van der Waals surface area contributed by atoms with Crippen molar-refractivity contribution >= 4 is 11.9 Å². The maximum Gasteiger partial charge on any atom is 0.344 e. The molecule has 0 heterocycles. The standard InChI is InChI=1S/C19H27NO5/c1-13-6-4-5-7-17(13)20-19(22)14(2)25-18(21)12-24-16-10-8-15(23-3)9-11-16/h8-11,13-14,17H,4-7,12H2,1-3H3,(H,20,22)/t13-,14-,17-/m1/s1. The van der Waals surface area contributed by atoms with Gasteiger partial charge in [-0.15, -0.1) is 0 Å². The molecule has 1 aromatic rings. The van der Waals surface area contributed by atoms with Crippen molar-refractivity contribution in [2.75, 3.05) is 13.7 Å². The highest BCUT2D eigenvalue weighted by Crippen LogP contribution is 2.23. The third-order valence-electron chi connectivity index (χ3n) is 4.53. The zero-order chi connectivity index (χ0) is 18.2. The predicted molar refractivity (Wildman–Crippen MR) is 93.6 cm³/mol. The molecular formula is C19H27NO5. The van der Waals surface area contributed by atoms with Gasteiger partial charge in [0.1, 0.15) is 11.5 Å². The molecule has 1 amide bonds. The summed E-state index contributed by atoms with van der Waals surface area (Å²) in [6.45, 7) is 3.47. The molecule has 0 radical (unpaired) electrons. The maximum absolute atomic E-state index is 12.2. The molecule has 1 aliphatic carbocycles. The highest BCUT2D eigenvalue weighted by molar-refractivity contribution is 5.83. The zero-order valence-corrected chi connectivity index (χ0v) is 15.1. The molecule has 0 saturated heterocycles. The number of amides is 1. The van der Waals surface area contributed by atoms with Crippen LogP contribution in [0.2, 0.25) is 0 Å². The molecule has 138 valence electrons. The SMILES string of the molecule is COc1ccc(OCC(=O)O[C@H](C)C(=O)N[C@@H]2CCCC[C@H]2C)cc1. The van der Waals surface area contributed by atoms with E-state index in [-0.39, 0.29) is 18.6 Å². The van der Waals surface area contributed by atoms with Crippen molar-refractivity contribution in [3.8, 4) is 11.5 Å². The van der Waals surface area contributed by atoms with Gasteiger partial charge in [-0.3, -0.25) is 4.79 Å². The summed E-state index contributed by atoms with van der Waals surface area (Å²) in [5.41, 5.74) is 0. The predicted octanol–water partition coefficient (Wildman–Crippen LogP) is 2.70. The van der Waals surface area contributed by atoms with Gasteiger partial charge in [-0.1, -0.05) is 19.8 Å².